The summed E-state index contributed by atoms with van der Waals surface area (Å²) in [4.78, 5) is 13.1. The maximum Gasteiger partial charge on any atom is 0.229 e. The first kappa shape index (κ1) is 21.8. The first-order valence-corrected chi connectivity index (χ1v) is 11.7. The zero-order valence-corrected chi connectivity index (χ0v) is 18.5. The van der Waals surface area contributed by atoms with Crippen LogP contribution in [0, 0.1) is 5.92 Å². The van der Waals surface area contributed by atoms with E-state index in [1.54, 1.807) is 12.4 Å². The van der Waals surface area contributed by atoms with Crippen molar-refractivity contribution in [2.45, 2.75) is 19.9 Å². The van der Waals surface area contributed by atoms with Gasteiger partial charge in [-0.05, 0) is 19.3 Å². The van der Waals surface area contributed by atoms with Gasteiger partial charge in [0, 0.05) is 44.8 Å². The zero-order chi connectivity index (χ0) is 21.2. The van der Waals surface area contributed by atoms with E-state index >= 15 is 0 Å². The molecule has 1 fully saturated rings. The monoisotopic (exact) mass is 459 g/mol. The van der Waals surface area contributed by atoms with Gasteiger partial charge >= 0.3 is 0 Å². The predicted molar refractivity (Wildman–Crippen MR) is 117 cm³/mol. The van der Waals surface area contributed by atoms with Crippen molar-refractivity contribution in [2.75, 3.05) is 31.2 Å². The lowest BCUT2D eigenvalue weighted by Gasteiger charge is -2.12. The minimum Gasteiger partial charge on any atom is -0.403 e. The van der Waals surface area contributed by atoms with Crippen molar-refractivity contribution < 1.29 is 8.42 Å². The fourth-order valence-electron chi connectivity index (χ4n) is 3.15. The molecule has 12 heteroatoms. The van der Waals surface area contributed by atoms with E-state index in [0.29, 0.717) is 48.5 Å². The SMILES string of the molecule is CCn1cc(Cl)c2cnc(NC(=C/N)/C(Cl)=N\C[C@H]3CCN(S(C)(=O)=O)C3)nc21. The van der Waals surface area contributed by atoms with E-state index in [2.05, 4.69) is 20.3 Å². The van der Waals surface area contributed by atoms with E-state index in [-0.39, 0.29) is 11.1 Å². The lowest BCUT2D eigenvalue weighted by atomic mass is 10.1. The summed E-state index contributed by atoms with van der Waals surface area (Å²) in [6.45, 7) is 4.05. The van der Waals surface area contributed by atoms with E-state index in [9.17, 15) is 8.42 Å². The molecule has 0 unspecified atom stereocenters. The van der Waals surface area contributed by atoms with Crippen LogP contribution < -0.4 is 11.1 Å². The Morgan fingerprint density at radius 2 is 2.28 bits per heavy atom. The minimum absolute atomic E-state index is 0.111. The molecular formula is C17H23Cl2N7O2S. The number of fused-ring (bicyclic) bond motifs is 1. The maximum atomic E-state index is 11.6. The molecule has 0 amide bonds. The van der Waals surface area contributed by atoms with Crippen molar-refractivity contribution in [2.24, 2.45) is 16.6 Å². The number of allylic oxidation sites excluding steroid dienone is 1. The highest BCUT2D eigenvalue weighted by Crippen LogP contribution is 2.25. The fourth-order valence-corrected chi connectivity index (χ4v) is 4.50. The second-order valence-corrected chi connectivity index (χ2v) is 9.55. The van der Waals surface area contributed by atoms with Gasteiger partial charge in [-0.2, -0.15) is 4.98 Å². The molecule has 3 rings (SSSR count). The highest BCUT2D eigenvalue weighted by molar-refractivity contribution is 7.88. The molecule has 0 bridgehead atoms. The number of nitrogens with two attached hydrogens (primary N) is 1. The Morgan fingerprint density at radius 3 is 2.90 bits per heavy atom. The van der Waals surface area contributed by atoms with Gasteiger partial charge in [-0.25, -0.2) is 17.7 Å². The molecule has 1 atom stereocenters. The summed E-state index contributed by atoms with van der Waals surface area (Å²) in [6.07, 6.45) is 6.69. The normalized spacial score (nSPS) is 19.2. The molecule has 2 aromatic heterocycles. The highest BCUT2D eigenvalue weighted by atomic mass is 35.5. The standard InChI is InChI=1S/C17H23Cl2N7O2S/c1-3-25-10-13(18)12-8-22-17(24-16(12)25)23-14(6-20)15(19)21-7-11-4-5-26(9-11)29(2,27)28/h6,8,10-11H,3-5,7,9,20H2,1-2H3,(H,22,23,24)/b14-6+,21-15+/t11-/m1/s1. The first-order chi connectivity index (χ1) is 13.7. The third-order valence-electron chi connectivity index (χ3n) is 4.75. The summed E-state index contributed by atoms with van der Waals surface area (Å²) in [6, 6.07) is 0. The molecule has 29 heavy (non-hydrogen) atoms. The van der Waals surface area contributed by atoms with Crippen LogP contribution in [-0.2, 0) is 16.6 Å². The van der Waals surface area contributed by atoms with Crippen molar-refractivity contribution in [1.29, 1.82) is 0 Å². The molecule has 1 aliphatic heterocycles. The molecule has 3 heterocycles. The molecule has 0 saturated carbocycles. The van der Waals surface area contributed by atoms with Gasteiger partial charge in [0.2, 0.25) is 16.0 Å². The second-order valence-electron chi connectivity index (χ2n) is 6.81. The zero-order valence-electron chi connectivity index (χ0n) is 16.1. The van der Waals surface area contributed by atoms with Gasteiger partial charge in [0.05, 0.1) is 22.4 Å². The Balaban J connectivity index is 1.70. The van der Waals surface area contributed by atoms with Crippen LogP contribution in [0.15, 0.2) is 29.3 Å². The summed E-state index contributed by atoms with van der Waals surface area (Å²) >= 11 is 12.5. The summed E-state index contributed by atoms with van der Waals surface area (Å²) < 4.78 is 26.6. The number of aryl methyl sites for hydroxylation is 1. The van der Waals surface area contributed by atoms with Crippen LogP contribution >= 0.6 is 23.2 Å². The van der Waals surface area contributed by atoms with Crippen LogP contribution in [-0.4, -0.2) is 58.3 Å². The van der Waals surface area contributed by atoms with Gasteiger partial charge in [0.25, 0.3) is 0 Å². The Kier molecular flexibility index (Phi) is 6.67. The van der Waals surface area contributed by atoms with Gasteiger partial charge in [-0.15, -0.1) is 0 Å². The van der Waals surface area contributed by atoms with Gasteiger partial charge in [-0.3, -0.25) is 4.99 Å². The molecule has 2 aromatic rings. The van der Waals surface area contributed by atoms with Crippen LogP contribution in [0.5, 0.6) is 0 Å². The average Bonchev–Trinajstić information content (AvgIpc) is 3.28. The number of hydrogen-bond donors (Lipinski definition) is 2. The number of sulfonamides is 1. The van der Waals surface area contributed by atoms with Gasteiger partial charge in [-0.1, -0.05) is 23.2 Å². The predicted octanol–water partition coefficient (Wildman–Crippen LogP) is 2.24. The number of anilines is 1. The Labute approximate surface area is 179 Å². The number of aliphatic imine (C=N–C) groups is 1. The number of halogens is 2. The molecule has 0 aliphatic carbocycles. The van der Waals surface area contributed by atoms with Crippen LogP contribution in [0.4, 0.5) is 5.95 Å². The molecule has 0 spiro atoms. The Hall–Kier alpha value is -1.88. The third kappa shape index (κ3) is 5.00. The summed E-state index contributed by atoms with van der Waals surface area (Å²) in [5.74, 6) is 0.427. The maximum absolute atomic E-state index is 11.6. The smallest absolute Gasteiger partial charge is 0.229 e. The number of aromatic nitrogens is 3. The lowest BCUT2D eigenvalue weighted by molar-refractivity contribution is 0.464. The summed E-state index contributed by atoms with van der Waals surface area (Å²) in [5, 5.41) is 4.50. The van der Waals surface area contributed by atoms with Crippen molar-refractivity contribution in [1.82, 2.24) is 18.8 Å². The van der Waals surface area contributed by atoms with Crippen molar-refractivity contribution in [3.05, 3.63) is 29.3 Å². The molecular weight excluding hydrogens is 437 g/mol. The fraction of sp³-hybridized carbons (Fsp3) is 0.471. The van der Waals surface area contributed by atoms with Gasteiger partial charge in [0.15, 0.2) is 0 Å². The summed E-state index contributed by atoms with van der Waals surface area (Å²) in [5.41, 5.74) is 6.76. The molecule has 3 N–H and O–H groups in total. The molecule has 0 radical (unpaired) electrons. The molecule has 158 valence electrons. The molecule has 1 aliphatic rings. The number of rotatable bonds is 7. The number of nitrogens with one attached hydrogen (secondary N) is 1. The Bertz CT molecular complexity index is 1070. The van der Waals surface area contributed by atoms with E-state index in [1.165, 1.54) is 16.8 Å². The topological polar surface area (TPSA) is 118 Å². The second kappa shape index (κ2) is 8.86. The van der Waals surface area contributed by atoms with Crippen LogP contribution in [0.2, 0.25) is 5.02 Å². The van der Waals surface area contributed by atoms with E-state index in [1.807, 2.05) is 11.5 Å². The third-order valence-corrected chi connectivity index (χ3v) is 6.64. The average molecular weight is 460 g/mol. The molecule has 0 aromatic carbocycles. The minimum atomic E-state index is -3.18. The van der Waals surface area contributed by atoms with E-state index in [0.717, 1.165) is 11.8 Å². The lowest BCUT2D eigenvalue weighted by Crippen LogP contribution is -2.27. The first-order valence-electron chi connectivity index (χ1n) is 9.08. The van der Waals surface area contributed by atoms with Crippen LogP contribution in [0.3, 0.4) is 0 Å². The van der Waals surface area contributed by atoms with Crippen LogP contribution in [0.25, 0.3) is 11.0 Å². The van der Waals surface area contributed by atoms with E-state index in [4.69, 9.17) is 28.9 Å². The summed E-state index contributed by atoms with van der Waals surface area (Å²) in [7, 11) is -3.18. The van der Waals surface area contributed by atoms with E-state index < -0.39 is 10.0 Å². The largest absolute Gasteiger partial charge is 0.403 e. The molecule has 9 nitrogen and oxygen atoms in total. The van der Waals surface area contributed by atoms with Gasteiger partial charge < -0.3 is 15.6 Å². The Morgan fingerprint density at radius 1 is 1.52 bits per heavy atom. The number of hydrogen-bond acceptors (Lipinski definition) is 7. The van der Waals surface area contributed by atoms with Crippen LogP contribution in [0.1, 0.15) is 13.3 Å². The van der Waals surface area contributed by atoms with Gasteiger partial charge in [0.1, 0.15) is 10.8 Å². The number of nitrogens with zero attached hydrogens (tertiary/aromatic N) is 5. The van der Waals surface area contributed by atoms with Crippen molar-refractivity contribution in [3.8, 4) is 0 Å². The molecule has 1 saturated heterocycles. The van der Waals surface area contributed by atoms with Crippen molar-refractivity contribution >= 4 is 55.4 Å². The quantitative estimate of drug-likeness (QED) is 0.612. The highest BCUT2D eigenvalue weighted by Gasteiger charge is 2.28. The van der Waals surface area contributed by atoms with Crippen molar-refractivity contribution in [3.63, 3.8) is 0 Å².